The van der Waals surface area contributed by atoms with Crippen LogP contribution in [0.1, 0.15) is 25.8 Å². The summed E-state index contributed by atoms with van der Waals surface area (Å²) in [6, 6.07) is 3.10. The molecule has 1 rings (SSSR count). The van der Waals surface area contributed by atoms with Gasteiger partial charge in [-0.25, -0.2) is 4.79 Å². The summed E-state index contributed by atoms with van der Waals surface area (Å²) in [6.07, 6.45) is 0.0121. The Hall–Kier alpha value is -1.91. The molecule has 5 nitrogen and oxygen atoms in total. The second kappa shape index (κ2) is 5.98. The lowest BCUT2D eigenvalue weighted by atomic mass is 10.1. The van der Waals surface area contributed by atoms with E-state index < -0.39 is 6.16 Å². The van der Waals surface area contributed by atoms with Gasteiger partial charge in [0.15, 0.2) is 11.5 Å². The lowest BCUT2D eigenvalue weighted by Crippen LogP contribution is -2.05. The van der Waals surface area contributed by atoms with E-state index in [0.29, 0.717) is 18.8 Å². The van der Waals surface area contributed by atoms with Gasteiger partial charge in [0.1, 0.15) is 0 Å². The number of hydrogen-bond donors (Lipinski definition) is 2. The lowest BCUT2D eigenvalue weighted by molar-refractivity contribution is 0.142. The Morgan fingerprint density at radius 1 is 1.35 bits per heavy atom. The summed E-state index contributed by atoms with van der Waals surface area (Å²) in [6.45, 7) is 4.32. The topological polar surface area (TPSA) is 76.0 Å². The van der Waals surface area contributed by atoms with Crippen molar-refractivity contribution in [1.29, 1.82) is 0 Å². The number of phenolic OH excluding ortho intramolecular Hbond substituents is 1. The van der Waals surface area contributed by atoms with Crippen molar-refractivity contribution in [3.8, 4) is 17.2 Å². The van der Waals surface area contributed by atoms with Crippen LogP contribution in [0, 0.1) is 0 Å². The molecule has 0 aliphatic rings. The first kappa shape index (κ1) is 13.2. The van der Waals surface area contributed by atoms with Crippen molar-refractivity contribution in [2.24, 2.45) is 0 Å². The lowest BCUT2D eigenvalue weighted by Gasteiger charge is -2.13. The van der Waals surface area contributed by atoms with Crippen molar-refractivity contribution in [2.75, 3.05) is 6.61 Å². The van der Waals surface area contributed by atoms with Gasteiger partial charge in [0.25, 0.3) is 0 Å². The molecule has 0 amide bonds. The fourth-order valence-electron chi connectivity index (χ4n) is 1.41. The summed E-state index contributed by atoms with van der Waals surface area (Å²) in [5, 5.41) is 18.4. The molecule has 0 unspecified atom stereocenters. The summed E-state index contributed by atoms with van der Waals surface area (Å²) in [7, 11) is 0. The number of phenols is 1. The number of aromatic hydroxyl groups is 1. The highest BCUT2D eigenvalue weighted by Gasteiger charge is 2.16. The van der Waals surface area contributed by atoms with Gasteiger partial charge in [-0.1, -0.05) is 19.9 Å². The number of benzene rings is 1. The predicted molar refractivity (Wildman–Crippen MR) is 61.9 cm³/mol. The van der Waals surface area contributed by atoms with Gasteiger partial charge in [0.05, 0.1) is 6.61 Å². The van der Waals surface area contributed by atoms with Crippen LogP contribution in [0.4, 0.5) is 4.79 Å². The van der Waals surface area contributed by atoms with E-state index in [1.165, 1.54) is 6.07 Å². The van der Waals surface area contributed by atoms with Crippen LogP contribution in [0.15, 0.2) is 12.1 Å². The first-order chi connectivity index (χ1) is 8.10. The van der Waals surface area contributed by atoms with E-state index >= 15 is 0 Å². The van der Waals surface area contributed by atoms with Gasteiger partial charge in [-0.05, 0) is 24.5 Å². The van der Waals surface area contributed by atoms with Crippen molar-refractivity contribution < 1.29 is 24.5 Å². The Morgan fingerprint density at radius 2 is 2.06 bits per heavy atom. The van der Waals surface area contributed by atoms with Gasteiger partial charge in [0.2, 0.25) is 5.75 Å². The molecule has 5 heteroatoms. The summed E-state index contributed by atoms with van der Waals surface area (Å²) in [5.41, 5.74) is 0.814. The maximum Gasteiger partial charge on any atom is 0.511 e. The number of rotatable bonds is 5. The highest BCUT2D eigenvalue weighted by atomic mass is 16.7. The van der Waals surface area contributed by atoms with E-state index in [4.69, 9.17) is 9.84 Å². The third kappa shape index (κ3) is 3.27. The molecule has 0 heterocycles. The zero-order valence-corrected chi connectivity index (χ0v) is 9.90. The highest BCUT2D eigenvalue weighted by molar-refractivity contribution is 5.65. The molecule has 1 aromatic rings. The molecule has 0 atom stereocenters. The van der Waals surface area contributed by atoms with Crippen molar-refractivity contribution in [3.05, 3.63) is 17.7 Å². The van der Waals surface area contributed by atoms with E-state index in [-0.39, 0.29) is 11.5 Å². The van der Waals surface area contributed by atoms with Crippen LogP contribution in [0.3, 0.4) is 0 Å². The molecule has 0 fully saturated rings. The molecule has 0 aliphatic heterocycles. The predicted octanol–water partition coefficient (Wildman–Crippen LogP) is 2.80. The number of ether oxygens (including phenoxy) is 2. The molecule has 2 N–H and O–H groups in total. The fourth-order valence-corrected chi connectivity index (χ4v) is 1.41. The summed E-state index contributed by atoms with van der Waals surface area (Å²) >= 11 is 0. The van der Waals surface area contributed by atoms with Gasteiger partial charge < -0.3 is 19.7 Å². The second-order valence-corrected chi connectivity index (χ2v) is 3.47. The van der Waals surface area contributed by atoms with Crippen molar-refractivity contribution >= 4 is 6.16 Å². The van der Waals surface area contributed by atoms with Crippen LogP contribution >= 0.6 is 0 Å². The van der Waals surface area contributed by atoms with E-state index in [0.717, 1.165) is 12.0 Å². The Bertz CT molecular complexity index is 400. The first-order valence-electron chi connectivity index (χ1n) is 5.48. The maximum absolute atomic E-state index is 10.4. The van der Waals surface area contributed by atoms with E-state index in [2.05, 4.69) is 4.74 Å². The molecular formula is C12H16O5. The molecule has 0 aliphatic carbocycles. The van der Waals surface area contributed by atoms with Crippen molar-refractivity contribution in [3.63, 3.8) is 0 Å². The average molecular weight is 240 g/mol. The molecule has 0 saturated carbocycles. The van der Waals surface area contributed by atoms with Crippen LogP contribution in [0.25, 0.3) is 0 Å². The summed E-state index contributed by atoms with van der Waals surface area (Å²) < 4.78 is 9.86. The van der Waals surface area contributed by atoms with Gasteiger partial charge in [-0.3, -0.25) is 0 Å². The number of carboxylic acid groups (broad SMARTS) is 1. The normalized spacial score (nSPS) is 10.0. The van der Waals surface area contributed by atoms with Crippen LogP contribution in [0.2, 0.25) is 0 Å². The molecule has 1 aromatic carbocycles. The zero-order chi connectivity index (χ0) is 12.8. The molecule has 0 spiro atoms. The molecule has 17 heavy (non-hydrogen) atoms. The van der Waals surface area contributed by atoms with Gasteiger partial charge >= 0.3 is 6.16 Å². The molecule has 0 saturated heterocycles. The van der Waals surface area contributed by atoms with Crippen LogP contribution in [-0.4, -0.2) is 23.0 Å². The average Bonchev–Trinajstić information content (AvgIpc) is 2.29. The Morgan fingerprint density at radius 3 is 2.59 bits per heavy atom. The summed E-state index contributed by atoms with van der Waals surface area (Å²) in [5.74, 6) is -0.0749. The maximum atomic E-state index is 10.4. The zero-order valence-electron chi connectivity index (χ0n) is 9.90. The third-order valence-corrected chi connectivity index (χ3v) is 2.20. The minimum absolute atomic E-state index is 0.110. The monoisotopic (exact) mass is 240 g/mol. The van der Waals surface area contributed by atoms with Gasteiger partial charge in [-0.15, -0.1) is 0 Å². The van der Waals surface area contributed by atoms with Crippen molar-refractivity contribution in [2.45, 2.75) is 26.7 Å². The largest absolute Gasteiger partial charge is 0.511 e. The Kier molecular flexibility index (Phi) is 4.63. The second-order valence-electron chi connectivity index (χ2n) is 3.47. The standard InChI is InChI=1S/C12H16O5/c1-3-7-16-11-8(4-2)5-6-9(10(11)13)17-12(14)15/h5-6,13H,3-4,7H2,1-2H3,(H,14,15). The van der Waals surface area contributed by atoms with Crippen molar-refractivity contribution in [1.82, 2.24) is 0 Å². The van der Waals surface area contributed by atoms with Gasteiger partial charge in [0, 0.05) is 0 Å². The third-order valence-electron chi connectivity index (χ3n) is 2.20. The van der Waals surface area contributed by atoms with Crippen LogP contribution in [-0.2, 0) is 6.42 Å². The van der Waals surface area contributed by atoms with E-state index in [1.807, 2.05) is 13.8 Å². The molecular weight excluding hydrogens is 224 g/mol. The number of aryl methyl sites for hydroxylation is 1. The molecule has 94 valence electrons. The highest BCUT2D eigenvalue weighted by Crippen LogP contribution is 2.39. The number of carbonyl (C=O) groups is 1. The SMILES string of the molecule is CCCOc1c(CC)ccc(OC(=O)O)c1O. The van der Waals surface area contributed by atoms with E-state index in [9.17, 15) is 9.90 Å². The molecule has 0 radical (unpaired) electrons. The molecule has 0 bridgehead atoms. The number of hydrogen-bond acceptors (Lipinski definition) is 4. The first-order valence-corrected chi connectivity index (χ1v) is 5.48. The Balaban J connectivity index is 3.07. The minimum Gasteiger partial charge on any atom is -0.502 e. The minimum atomic E-state index is -1.47. The van der Waals surface area contributed by atoms with Gasteiger partial charge in [-0.2, -0.15) is 0 Å². The Labute approximate surface area is 99.6 Å². The van der Waals surface area contributed by atoms with E-state index in [1.54, 1.807) is 6.07 Å². The van der Waals surface area contributed by atoms with Crippen LogP contribution in [0.5, 0.6) is 17.2 Å². The summed E-state index contributed by atoms with van der Waals surface area (Å²) in [4.78, 5) is 10.4. The smallest absolute Gasteiger partial charge is 0.502 e. The van der Waals surface area contributed by atoms with Crippen LogP contribution < -0.4 is 9.47 Å². The fraction of sp³-hybridized carbons (Fsp3) is 0.417. The quantitative estimate of drug-likeness (QED) is 0.611. The molecule has 0 aromatic heterocycles.